The molecule has 0 aliphatic rings. The highest BCUT2D eigenvalue weighted by Gasteiger charge is 2.15. The summed E-state index contributed by atoms with van der Waals surface area (Å²) in [6.07, 6.45) is 3.11. The van der Waals surface area contributed by atoms with E-state index >= 15 is 0 Å². The quantitative estimate of drug-likeness (QED) is 0.755. The van der Waals surface area contributed by atoms with Crippen LogP contribution in [0.5, 0.6) is 0 Å². The summed E-state index contributed by atoms with van der Waals surface area (Å²) >= 11 is 0. The van der Waals surface area contributed by atoms with Gasteiger partial charge in [-0.05, 0) is 31.0 Å². The number of amides is 2. The van der Waals surface area contributed by atoms with Crippen molar-refractivity contribution < 1.29 is 9.59 Å². The van der Waals surface area contributed by atoms with Crippen LogP contribution in [0.2, 0.25) is 0 Å². The molecule has 0 atom stereocenters. The molecule has 0 radical (unpaired) electrons. The zero-order valence-corrected chi connectivity index (χ0v) is 14.2. The second kappa shape index (κ2) is 8.24. The van der Waals surface area contributed by atoms with Crippen LogP contribution in [0.3, 0.4) is 0 Å². The van der Waals surface area contributed by atoms with E-state index in [1.165, 1.54) is 6.20 Å². The van der Waals surface area contributed by atoms with Crippen molar-refractivity contribution in [1.82, 2.24) is 25.4 Å². The third-order valence-electron chi connectivity index (χ3n) is 3.54. The van der Waals surface area contributed by atoms with Crippen molar-refractivity contribution in [3.63, 3.8) is 0 Å². The minimum atomic E-state index is -0.210. The summed E-state index contributed by atoms with van der Waals surface area (Å²) in [7, 11) is 0. The average molecular weight is 329 g/mol. The number of pyridine rings is 1. The van der Waals surface area contributed by atoms with Crippen LogP contribution in [0.4, 0.5) is 0 Å². The van der Waals surface area contributed by atoms with Crippen LogP contribution in [0.15, 0.2) is 30.6 Å². The van der Waals surface area contributed by atoms with Crippen LogP contribution in [-0.4, -0.2) is 39.7 Å². The molecule has 0 bridgehead atoms. The number of aryl methyl sites for hydroxylation is 1. The van der Waals surface area contributed by atoms with Gasteiger partial charge < -0.3 is 10.6 Å². The van der Waals surface area contributed by atoms with Crippen molar-refractivity contribution in [3.8, 4) is 0 Å². The fourth-order valence-corrected chi connectivity index (χ4v) is 2.18. The van der Waals surface area contributed by atoms with Crippen LogP contribution in [0, 0.1) is 0 Å². The molecule has 7 nitrogen and oxygen atoms in total. The maximum atomic E-state index is 12.3. The van der Waals surface area contributed by atoms with Gasteiger partial charge in [0.1, 0.15) is 5.69 Å². The molecule has 2 aromatic heterocycles. The highest BCUT2D eigenvalue weighted by molar-refractivity contribution is 5.94. The molecule has 2 aromatic rings. The number of hydrogen-bond acceptors (Lipinski definition) is 4. The lowest BCUT2D eigenvalue weighted by atomic mass is 10.1. The van der Waals surface area contributed by atoms with Crippen LogP contribution in [0.25, 0.3) is 0 Å². The summed E-state index contributed by atoms with van der Waals surface area (Å²) in [4.78, 5) is 28.0. The van der Waals surface area contributed by atoms with Crippen molar-refractivity contribution in [2.75, 3.05) is 13.1 Å². The summed E-state index contributed by atoms with van der Waals surface area (Å²) < 4.78 is 1.69. The van der Waals surface area contributed by atoms with Gasteiger partial charge in [0.15, 0.2) is 0 Å². The predicted molar refractivity (Wildman–Crippen MR) is 90.9 cm³/mol. The zero-order chi connectivity index (χ0) is 17.5. The molecule has 2 rings (SSSR count). The number of carbonyl (C=O) groups is 2. The van der Waals surface area contributed by atoms with Crippen molar-refractivity contribution in [2.45, 2.75) is 33.2 Å². The minimum Gasteiger partial charge on any atom is -0.350 e. The Morgan fingerprint density at radius 2 is 1.92 bits per heavy atom. The molecule has 128 valence electrons. The number of hydrogen-bond donors (Lipinski definition) is 2. The maximum absolute atomic E-state index is 12.3. The van der Waals surface area contributed by atoms with Crippen molar-refractivity contribution >= 4 is 11.8 Å². The van der Waals surface area contributed by atoms with Crippen LogP contribution < -0.4 is 10.6 Å². The Balaban J connectivity index is 1.84. The first kappa shape index (κ1) is 17.7. The number of nitrogens with one attached hydrogen (secondary N) is 2. The number of carbonyl (C=O) groups excluding carboxylic acids is 2. The molecular weight excluding hydrogens is 306 g/mol. The molecule has 0 aromatic carbocycles. The van der Waals surface area contributed by atoms with E-state index in [1.54, 1.807) is 23.0 Å². The summed E-state index contributed by atoms with van der Waals surface area (Å²) in [5.74, 6) is -0.131. The Kier molecular flexibility index (Phi) is 6.06. The van der Waals surface area contributed by atoms with Gasteiger partial charge in [-0.25, -0.2) is 0 Å². The summed E-state index contributed by atoms with van der Waals surface area (Å²) in [5, 5.41) is 9.97. The Hall–Kier alpha value is -2.70. The van der Waals surface area contributed by atoms with Gasteiger partial charge in [0.2, 0.25) is 0 Å². The van der Waals surface area contributed by atoms with E-state index in [-0.39, 0.29) is 17.7 Å². The van der Waals surface area contributed by atoms with E-state index in [2.05, 4.69) is 20.7 Å². The van der Waals surface area contributed by atoms with Gasteiger partial charge in [0.05, 0.1) is 11.3 Å². The van der Waals surface area contributed by atoms with Gasteiger partial charge in [0.25, 0.3) is 11.8 Å². The monoisotopic (exact) mass is 329 g/mol. The van der Waals surface area contributed by atoms with E-state index in [9.17, 15) is 9.59 Å². The van der Waals surface area contributed by atoms with E-state index in [0.29, 0.717) is 30.9 Å². The summed E-state index contributed by atoms with van der Waals surface area (Å²) in [6, 6.07) is 5.21. The van der Waals surface area contributed by atoms with Crippen molar-refractivity contribution in [1.29, 1.82) is 0 Å². The second-order valence-corrected chi connectivity index (χ2v) is 5.68. The second-order valence-electron chi connectivity index (χ2n) is 5.68. The maximum Gasteiger partial charge on any atom is 0.269 e. The molecule has 0 aliphatic heterocycles. The molecule has 0 aliphatic carbocycles. The van der Waals surface area contributed by atoms with Crippen molar-refractivity contribution in [3.05, 3.63) is 47.5 Å². The molecule has 2 heterocycles. The first-order valence-corrected chi connectivity index (χ1v) is 8.07. The van der Waals surface area contributed by atoms with Gasteiger partial charge >= 0.3 is 0 Å². The first-order chi connectivity index (χ1) is 11.5. The minimum absolute atomic E-state index is 0.188. The average Bonchev–Trinajstić information content (AvgIpc) is 3.04. The van der Waals surface area contributed by atoms with Gasteiger partial charge in [-0.3, -0.25) is 19.3 Å². The number of aromatic nitrogens is 3. The smallest absolute Gasteiger partial charge is 0.269 e. The molecule has 2 N–H and O–H groups in total. The molecule has 0 fully saturated rings. The van der Waals surface area contributed by atoms with E-state index in [1.807, 2.05) is 26.8 Å². The van der Waals surface area contributed by atoms with Crippen LogP contribution in [0.1, 0.15) is 53.2 Å². The molecule has 0 saturated carbocycles. The highest BCUT2D eigenvalue weighted by atomic mass is 16.2. The van der Waals surface area contributed by atoms with Gasteiger partial charge in [-0.15, -0.1) is 0 Å². The molecule has 2 amide bonds. The Bertz CT molecular complexity index is 694. The normalized spacial score (nSPS) is 10.7. The first-order valence-electron chi connectivity index (χ1n) is 8.07. The fraction of sp³-hybridized carbons (Fsp3) is 0.412. The Morgan fingerprint density at radius 3 is 2.50 bits per heavy atom. The molecule has 7 heteroatoms. The Labute approximate surface area is 141 Å². The largest absolute Gasteiger partial charge is 0.350 e. The molecular formula is C17H23N5O2. The highest BCUT2D eigenvalue weighted by Crippen LogP contribution is 2.14. The molecule has 0 unspecified atom stereocenters. The lowest BCUT2D eigenvalue weighted by Crippen LogP contribution is -2.35. The molecule has 0 spiro atoms. The third kappa shape index (κ3) is 4.41. The molecule has 24 heavy (non-hydrogen) atoms. The summed E-state index contributed by atoms with van der Waals surface area (Å²) in [5.41, 5.74) is 1.93. The number of rotatable bonds is 7. The topological polar surface area (TPSA) is 88.9 Å². The fourth-order valence-electron chi connectivity index (χ4n) is 2.18. The summed E-state index contributed by atoms with van der Waals surface area (Å²) in [6.45, 7) is 7.35. The van der Waals surface area contributed by atoms with E-state index < -0.39 is 0 Å². The van der Waals surface area contributed by atoms with Crippen molar-refractivity contribution in [2.24, 2.45) is 0 Å². The predicted octanol–water partition coefficient (Wildman–Crippen LogP) is 1.58. The lowest BCUT2D eigenvalue weighted by molar-refractivity contribution is 0.0921. The van der Waals surface area contributed by atoms with Gasteiger partial charge in [-0.1, -0.05) is 13.8 Å². The van der Waals surface area contributed by atoms with E-state index in [0.717, 1.165) is 5.69 Å². The molecule has 0 saturated heterocycles. The van der Waals surface area contributed by atoms with Gasteiger partial charge in [-0.2, -0.15) is 5.10 Å². The van der Waals surface area contributed by atoms with Gasteiger partial charge in [0, 0.05) is 32.0 Å². The lowest BCUT2D eigenvalue weighted by Gasteiger charge is -2.08. The standard InChI is InChI=1S/C17H23N5O2/c1-4-22-15(10-14(21-22)12(2)3)17(24)20-9-8-19-16(23)13-6-5-7-18-11-13/h5-7,10-12H,4,8-9H2,1-3H3,(H,19,23)(H,20,24). The van der Waals surface area contributed by atoms with E-state index in [4.69, 9.17) is 0 Å². The SMILES string of the molecule is CCn1nc(C(C)C)cc1C(=O)NCCNC(=O)c1cccnc1. The van der Waals surface area contributed by atoms with Crippen LogP contribution in [-0.2, 0) is 6.54 Å². The van der Waals surface area contributed by atoms with Crippen LogP contribution >= 0.6 is 0 Å². The third-order valence-corrected chi connectivity index (χ3v) is 3.54. The Morgan fingerprint density at radius 1 is 1.21 bits per heavy atom. The number of nitrogens with zero attached hydrogens (tertiary/aromatic N) is 3. The zero-order valence-electron chi connectivity index (χ0n) is 14.2.